The number of carbonyl (C=O) groups excluding carboxylic acids is 1. The molecule has 8 heteroatoms. The molecule has 1 saturated heterocycles. The van der Waals surface area contributed by atoms with Crippen LogP contribution in [-0.4, -0.2) is 58.3 Å². The smallest absolute Gasteiger partial charge is 0.287 e. The van der Waals surface area contributed by atoms with Crippen LogP contribution in [0, 0.1) is 5.41 Å². The number of fused-ring (bicyclic) bond motifs is 1. The van der Waals surface area contributed by atoms with Gasteiger partial charge in [0.15, 0.2) is 5.76 Å². The maximum Gasteiger partial charge on any atom is 0.287 e. The van der Waals surface area contributed by atoms with Crippen LogP contribution < -0.4 is 10.6 Å². The summed E-state index contributed by atoms with van der Waals surface area (Å²) in [6, 6.07) is 7.81. The Morgan fingerprint density at radius 3 is 2.57 bits per heavy atom. The molecule has 2 heterocycles. The van der Waals surface area contributed by atoms with Crippen LogP contribution in [0.15, 0.2) is 28.7 Å². The van der Waals surface area contributed by atoms with E-state index in [1.807, 2.05) is 43.3 Å². The van der Waals surface area contributed by atoms with Crippen molar-refractivity contribution >= 4 is 41.7 Å². The van der Waals surface area contributed by atoms with Crippen LogP contribution >= 0.6 is 24.8 Å². The lowest BCUT2D eigenvalue weighted by atomic mass is 9.79. The number of hydrogen-bond acceptors (Lipinski definition) is 5. The molecule has 0 spiro atoms. The molecule has 1 aliphatic heterocycles. The number of piperidine rings is 1. The SMILES string of the molecule is COCC1(CNC(=O)c2oc3ccccc3c2CN(C)C)CCNCC1.Cl.Cl. The Bertz CT molecular complexity index is 753. The number of amides is 1. The molecule has 28 heavy (non-hydrogen) atoms. The second kappa shape index (κ2) is 11.0. The third kappa shape index (κ3) is 5.61. The minimum absolute atomic E-state index is 0. The highest BCUT2D eigenvalue weighted by molar-refractivity contribution is 5.99. The van der Waals surface area contributed by atoms with Crippen molar-refractivity contribution < 1.29 is 13.9 Å². The van der Waals surface area contributed by atoms with Gasteiger partial charge in [0.05, 0.1) is 6.61 Å². The summed E-state index contributed by atoms with van der Waals surface area (Å²) < 4.78 is 11.4. The number of rotatable bonds is 7. The topological polar surface area (TPSA) is 66.7 Å². The van der Waals surface area contributed by atoms with Gasteiger partial charge < -0.3 is 24.7 Å². The number of hydrogen-bond donors (Lipinski definition) is 2. The van der Waals surface area contributed by atoms with Gasteiger partial charge in [0.1, 0.15) is 5.58 Å². The molecule has 3 rings (SSSR count). The van der Waals surface area contributed by atoms with Crippen molar-refractivity contribution in [3.05, 3.63) is 35.6 Å². The van der Waals surface area contributed by atoms with E-state index in [4.69, 9.17) is 9.15 Å². The zero-order valence-electron chi connectivity index (χ0n) is 16.7. The van der Waals surface area contributed by atoms with Gasteiger partial charge in [0.2, 0.25) is 0 Å². The summed E-state index contributed by atoms with van der Waals surface area (Å²) in [5, 5.41) is 7.48. The maximum absolute atomic E-state index is 12.9. The quantitative estimate of drug-likeness (QED) is 0.704. The van der Waals surface area contributed by atoms with Crippen LogP contribution in [0.5, 0.6) is 0 Å². The van der Waals surface area contributed by atoms with Crippen LogP contribution in [-0.2, 0) is 11.3 Å². The number of halogens is 2. The summed E-state index contributed by atoms with van der Waals surface area (Å²) in [7, 11) is 5.71. The number of methoxy groups -OCH3 is 1. The normalized spacial score (nSPS) is 15.7. The van der Waals surface area contributed by atoms with Crippen molar-refractivity contribution in [3.63, 3.8) is 0 Å². The minimum atomic E-state index is -0.146. The number of nitrogens with zero attached hydrogens (tertiary/aromatic N) is 1. The third-order valence-corrected chi connectivity index (χ3v) is 5.12. The predicted octanol–water partition coefficient (Wildman–Crippen LogP) is 3.08. The Balaban J connectivity index is 0.00000196. The highest BCUT2D eigenvalue weighted by atomic mass is 35.5. The van der Waals surface area contributed by atoms with Gasteiger partial charge >= 0.3 is 0 Å². The number of benzene rings is 1. The van der Waals surface area contributed by atoms with Gasteiger partial charge in [-0.3, -0.25) is 4.79 Å². The molecule has 0 saturated carbocycles. The first kappa shape index (κ1) is 24.7. The Morgan fingerprint density at radius 2 is 1.93 bits per heavy atom. The van der Waals surface area contributed by atoms with E-state index in [2.05, 4.69) is 10.6 Å². The standard InChI is InChI=1S/C20H29N3O3.2ClH/c1-23(2)12-16-15-6-4-5-7-17(15)26-18(16)19(24)22-13-20(14-25-3)8-10-21-11-9-20;;/h4-7,21H,8-14H2,1-3H3,(H,22,24);2*1H. The van der Waals surface area contributed by atoms with Crippen molar-refractivity contribution in [1.29, 1.82) is 0 Å². The number of carbonyl (C=O) groups is 1. The van der Waals surface area contributed by atoms with Crippen LogP contribution in [0.4, 0.5) is 0 Å². The highest BCUT2D eigenvalue weighted by Crippen LogP contribution is 2.30. The van der Waals surface area contributed by atoms with Gasteiger partial charge in [-0.1, -0.05) is 18.2 Å². The second-order valence-corrected chi connectivity index (χ2v) is 7.51. The average Bonchev–Trinajstić information content (AvgIpc) is 2.99. The number of ether oxygens (including phenoxy) is 1. The van der Waals surface area contributed by atoms with Gasteiger partial charge in [-0.15, -0.1) is 24.8 Å². The molecule has 0 bridgehead atoms. The summed E-state index contributed by atoms with van der Waals surface area (Å²) in [4.78, 5) is 15.0. The molecular weight excluding hydrogens is 401 g/mol. The van der Waals surface area contributed by atoms with Crippen LogP contribution in [0.3, 0.4) is 0 Å². The molecule has 158 valence electrons. The Labute approximate surface area is 179 Å². The van der Waals surface area contributed by atoms with E-state index in [0.717, 1.165) is 42.5 Å². The summed E-state index contributed by atoms with van der Waals surface area (Å²) in [5.41, 5.74) is 1.68. The van der Waals surface area contributed by atoms with E-state index in [9.17, 15) is 4.79 Å². The van der Waals surface area contributed by atoms with E-state index in [0.29, 0.717) is 25.5 Å². The molecule has 0 aliphatic carbocycles. The van der Waals surface area contributed by atoms with Crippen molar-refractivity contribution in [1.82, 2.24) is 15.5 Å². The maximum atomic E-state index is 12.9. The van der Waals surface area contributed by atoms with E-state index in [1.54, 1.807) is 7.11 Å². The monoisotopic (exact) mass is 431 g/mol. The second-order valence-electron chi connectivity index (χ2n) is 7.51. The fourth-order valence-electron chi connectivity index (χ4n) is 3.74. The largest absolute Gasteiger partial charge is 0.451 e. The first-order chi connectivity index (χ1) is 12.5. The van der Waals surface area contributed by atoms with Gasteiger partial charge in [0, 0.05) is 36.6 Å². The molecule has 0 atom stereocenters. The summed E-state index contributed by atoms with van der Waals surface area (Å²) >= 11 is 0. The first-order valence-electron chi connectivity index (χ1n) is 9.18. The van der Waals surface area contributed by atoms with Crippen LogP contribution in [0.25, 0.3) is 11.0 Å². The van der Waals surface area contributed by atoms with Gasteiger partial charge in [0.25, 0.3) is 5.91 Å². The summed E-state index contributed by atoms with van der Waals surface area (Å²) in [6.07, 6.45) is 1.98. The summed E-state index contributed by atoms with van der Waals surface area (Å²) in [5.74, 6) is 0.272. The van der Waals surface area contributed by atoms with Crippen LogP contribution in [0.1, 0.15) is 29.0 Å². The lowest BCUT2D eigenvalue weighted by molar-refractivity contribution is 0.0506. The molecular formula is C20H31Cl2N3O3. The average molecular weight is 432 g/mol. The van der Waals surface area contributed by atoms with Gasteiger partial charge in [-0.2, -0.15) is 0 Å². The third-order valence-electron chi connectivity index (χ3n) is 5.12. The van der Waals surface area contributed by atoms with Crippen molar-refractivity contribution in [2.45, 2.75) is 19.4 Å². The molecule has 1 aliphatic rings. The fourth-order valence-corrected chi connectivity index (χ4v) is 3.74. The highest BCUT2D eigenvalue weighted by Gasteiger charge is 2.33. The van der Waals surface area contributed by atoms with Crippen molar-refractivity contribution in [2.24, 2.45) is 5.41 Å². The van der Waals surface area contributed by atoms with Crippen molar-refractivity contribution in [2.75, 3.05) is 47.4 Å². The number of para-hydroxylation sites is 1. The molecule has 0 radical (unpaired) electrons. The zero-order chi connectivity index (χ0) is 18.6. The Kier molecular flexibility index (Phi) is 9.74. The Hall–Kier alpha value is -1.31. The van der Waals surface area contributed by atoms with Crippen LogP contribution in [0.2, 0.25) is 0 Å². The van der Waals surface area contributed by atoms with E-state index in [1.165, 1.54) is 0 Å². The van der Waals surface area contributed by atoms with Crippen molar-refractivity contribution in [3.8, 4) is 0 Å². The molecule has 6 nitrogen and oxygen atoms in total. The molecule has 2 N–H and O–H groups in total. The lowest BCUT2D eigenvalue weighted by Crippen LogP contribution is -2.47. The fraction of sp³-hybridized carbons (Fsp3) is 0.550. The number of nitrogens with one attached hydrogen (secondary N) is 2. The first-order valence-corrected chi connectivity index (χ1v) is 9.18. The zero-order valence-corrected chi connectivity index (χ0v) is 18.4. The lowest BCUT2D eigenvalue weighted by Gasteiger charge is -2.37. The molecule has 1 fully saturated rings. The predicted molar refractivity (Wildman–Crippen MR) is 117 cm³/mol. The van der Waals surface area contributed by atoms with Gasteiger partial charge in [-0.25, -0.2) is 0 Å². The molecule has 0 unspecified atom stereocenters. The molecule has 2 aromatic rings. The molecule has 1 aromatic heterocycles. The molecule has 1 aromatic carbocycles. The van der Waals surface area contributed by atoms with E-state index < -0.39 is 0 Å². The van der Waals surface area contributed by atoms with Gasteiger partial charge in [-0.05, 0) is 46.1 Å². The Morgan fingerprint density at radius 1 is 1.25 bits per heavy atom. The summed E-state index contributed by atoms with van der Waals surface area (Å²) in [6.45, 7) is 3.82. The van der Waals surface area contributed by atoms with E-state index in [-0.39, 0.29) is 36.1 Å². The minimum Gasteiger partial charge on any atom is -0.451 e. The molecule has 1 amide bonds. The number of furan rings is 1. The van der Waals surface area contributed by atoms with E-state index >= 15 is 0 Å².